The molecular formula is C9H6BrClO3. The summed E-state index contributed by atoms with van der Waals surface area (Å²) in [6.07, 6.45) is 0. The van der Waals surface area contributed by atoms with Crippen molar-refractivity contribution < 1.29 is 14.3 Å². The van der Waals surface area contributed by atoms with Gasteiger partial charge in [-0.3, -0.25) is 4.79 Å². The Balaban J connectivity index is 3.14. The number of hydrogen-bond acceptors (Lipinski definition) is 3. The van der Waals surface area contributed by atoms with Crippen LogP contribution in [0.3, 0.4) is 0 Å². The minimum atomic E-state index is -0.567. The molecule has 0 amide bonds. The Morgan fingerprint density at radius 1 is 1.43 bits per heavy atom. The highest BCUT2D eigenvalue weighted by Gasteiger charge is 2.12. The molecule has 0 saturated carbocycles. The lowest BCUT2D eigenvalue weighted by Crippen LogP contribution is -2.03. The molecule has 0 unspecified atom stereocenters. The molecule has 1 aromatic carbocycles. The van der Waals surface area contributed by atoms with E-state index in [0.29, 0.717) is 15.6 Å². The van der Waals surface area contributed by atoms with Crippen molar-refractivity contribution >= 4 is 38.7 Å². The Morgan fingerprint density at radius 3 is 2.50 bits per heavy atom. The third-order valence-electron chi connectivity index (χ3n) is 1.60. The van der Waals surface area contributed by atoms with Gasteiger partial charge >= 0.3 is 5.97 Å². The summed E-state index contributed by atoms with van der Waals surface area (Å²) in [6.45, 7) is 0. The van der Waals surface area contributed by atoms with Gasteiger partial charge in [0.05, 0.1) is 12.7 Å². The van der Waals surface area contributed by atoms with Crippen LogP contribution in [0.1, 0.15) is 20.7 Å². The molecule has 0 aliphatic heterocycles. The lowest BCUT2D eigenvalue weighted by atomic mass is 10.1. The highest BCUT2D eigenvalue weighted by Crippen LogP contribution is 2.20. The van der Waals surface area contributed by atoms with E-state index >= 15 is 0 Å². The number of esters is 1. The van der Waals surface area contributed by atoms with E-state index in [1.54, 1.807) is 0 Å². The van der Waals surface area contributed by atoms with Crippen molar-refractivity contribution in [3.8, 4) is 0 Å². The zero-order chi connectivity index (χ0) is 10.7. The lowest BCUT2D eigenvalue weighted by molar-refractivity contribution is 0.0599. The molecule has 0 radical (unpaired) electrons. The van der Waals surface area contributed by atoms with E-state index in [2.05, 4.69) is 20.7 Å². The van der Waals surface area contributed by atoms with Crippen molar-refractivity contribution in [3.05, 3.63) is 33.8 Å². The molecule has 5 heteroatoms. The molecule has 1 rings (SSSR count). The van der Waals surface area contributed by atoms with Crippen molar-refractivity contribution in [3.63, 3.8) is 0 Å². The maximum atomic E-state index is 11.1. The Kier molecular flexibility index (Phi) is 3.66. The second-order valence-corrected chi connectivity index (χ2v) is 3.66. The number of carbonyl (C=O) groups excluding carboxylic acids is 2. The summed E-state index contributed by atoms with van der Waals surface area (Å²) in [4.78, 5) is 21.9. The van der Waals surface area contributed by atoms with Crippen molar-refractivity contribution in [2.45, 2.75) is 0 Å². The molecule has 0 spiro atoms. The molecule has 0 N–H and O–H groups in total. The van der Waals surface area contributed by atoms with Gasteiger partial charge in [0.2, 0.25) is 0 Å². The van der Waals surface area contributed by atoms with Crippen molar-refractivity contribution in [2.24, 2.45) is 0 Å². The molecule has 0 aliphatic carbocycles. The summed E-state index contributed by atoms with van der Waals surface area (Å²) in [6, 6.07) is 4.42. The average molecular weight is 278 g/mol. The summed E-state index contributed by atoms with van der Waals surface area (Å²) in [5.74, 6) is -0.467. The van der Waals surface area contributed by atoms with Crippen molar-refractivity contribution in [1.82, 2.24) is 0 Å². The molecule has 74 valence electrons. The molecule has 0 fully saturated rings. The summed E-state index contributed by atoms with van der Waals surface area (Å²) in [5, 5.41) is -0.567. The molecule has 14 heavy (non-hydrogen) atoms. The zero-order valence-electron chi connectivity index (χ0n) is 7.21. The molecule has 0 bridgehead atoms. The van der Waals surface area contributed by atoms with Gasteiger partial charge in [-0.15, -0.1) is 0 Å². The molecule has 0 saturated heterocycles. The van der Waals surface area contributed by atoms with Gasteiger partial charge in [0.15, 0.2) is 0 Å². The summed E-state index contributed by atoms with van der Waals surface area (Å²) >= 11 is 8.41. The number of hydrogen-bond donors (Lipinski definition) is 0. The van der Waals surface area contributed by atoms with Gasteiger partial charge in [-0.1, -0.05) is 0 Å². The third kappa shape index (κ3) is 2.33. The minimum Gasteiger partial charge on any atom is -0.465 e. The second kappa shape index (κ2) is 4.57. The first kappa shape index (κ1) is 11.2. The van der Waals surface area contributed by atoms with E-state index in [9.17, 15) is 9.59 Å². The Morgan fingerprint density at radius 2 is 2.07 bits per heavy atom. The van der Waals surface area contributed by atoms with Crippen molar-refractivity contribution in [2.75, 3.05) is 7.11 Å². The SMILES string of the molecule is COC(=O)c1ccc(C(=O)Cl)cc1Br. The van der Waals surface area contributed by atoms with Crippen LogP contribution in [0, 0.1) is 0 Å². The number of halogens is 2. The summed E-state index contributed by atoms with van der Waals surface area (Å²) < 4.78 is 5.01. The van der Waals surface area contributed by atoms with Gasteiger partial charge in [-0.05, 0) is 45.7 Å². The normalized spacial score (nSPS) is 9.64. The van der Waals surface area contributed by atoms with Gasteiger partial charge in [0.1, 0.15) is 0 Å². The first-order chi connectivity index (χ1) is 6.56. The molecule has 0 aromatic heterocycles. The van der Waals surface area contributed by atoms with Crippen molar-refractivity contribution in [1.29, 1.82) is 0 Å². The quantitative estimate of drug-likeness (QED) is 0.616. The zero-order valence-corrected chi connectivity index (χ0v) is 9.55. The van der Waals surface area contributed by atoms with Gasteiger partial charge < -0.3 is 4.74 Å². The van der Waals surface area contributed by atoms with Crippen LogP contribution in [0.5, 0.6) is 0 Å². The van der Waals surface area contributed by atoms with Crippen LogP contribution in [0.15, 0.2) is 22.7 Å². The highest BCUT2D eigenvalue weighted by atomic mass is 79.9. The third-order valence-corrected chi connectivity index (χ3v) is 2.48. The fraction of sp³-hybridized carbons (Fsp3) is 0.111. The van der Waals surface area contributed by atoms with Crippen LogP contribution in [0.4, 0.5) is 0 Å². The Labute approximate surface area is 94.1 Å². The van der Waals surface area contributed by atoms with E-state index < -0.39 is 11.2 Å². The molecule has 1 aromatic rings. The van der Waals surface area contributed by atoms with Gasteiger partial charge in [-0.25, -0.2) is 4.79 Å². The standard InChI is InChI=1S/C9H6BrClO3/c1-14-9(13)6-3-2-5(8(11)12)4-7(6)10/h2-4H,1H3. The van der Waals surface area contributed by atoms with E-state index in [4.69, 9.17) is 11.6 Å². The number of ether oxygens (including phenoxy) is 1. The molecule has 3 nitrogen and oxygen atoms in total. The number of methoxy groups -OCH3 is 1. The predicted molar refractivity (Wildman–Crippen MR) is 55.7 cm³/mol. The van der Waals surface area contributed by atoms with Crippen LogP contribution in [0.2, 0.25) is 0 Å². The first-order valence-corrected chi connectivity index (χ1v) is 4.81. The average Bonchev–Trinajstić information content (AvgIpc) is 2.16. The fourth-order valence-corrected chi connectivity index (χ4v) is 1.57. The fourth-order valence-electron chi connectivity index (χ4n) is 0.913. The Hall–Kier alpha value is -0.870. The van der Waals surface area contributed by atoms with E-state index in [1.807, 2.05) is 0 Å². The molecule has 0 atom stereocenters. The molecule has 0 aliphatic rings. The Bertz CT molecular complexity index is 390. The first-order valence-electron chi connectivity index (χ1n) is 3.64. The monoisotopic (exact) mass is 276 g/mol. The van der Waals surface area contributed by atoms with E-state index in [1.165, 1.54) is 25.3 Å². The number of benzene rings is 1. The van der Waals surface area contributed by atoms with Crippen LogP contribution in [-0.2, 0) is 4.74 Å². The summed E-state index contributed by atoms with van der Waals surface area (Å²) in [5.41, 5.74) is 0.681. The second-order valence-electron chi connectivity index (χ2n) is 2.46. The highest BCUT2D eigenvalue weighted by molar-refractivity contribution is 9.10. The van der Waals surface area contributed by atoms with E-state index in [0.717, 1.165) is 0 Å². The van der Waals surface area contributed by atoms with Crippen LogP contribution < -0.4 is 0 Å². The predicted octanol–water partition coefficient (Wildman–Crippen LogP) is 2.61. The van der Waals surface area contributed by atoms with E-state index in [-0.39, 0.29) is 0 Å². The van der Waals surface area contributed by atoms with Gasteiger partial charge in [0.25, 0.3) is 5.24 Å². The lowest BCUT2D eigenvalue weighted by Gasteiger charge is -2.02. The maximum Gasteiger partial charge on any atom is 0.339 e. The molecular weight excluding hydrogens is 271 g/mol. The maximum absolute atomic E-state index is 11.1. The van der Waals surface area contributed by atoms with Gasteiger partial charge in [-0.2, -0.15) is 0 Å². The summed E-state index contributed by atoms with van der Waals surface area (Å²) in [7, 11) is 1.29. The number of rotatable bonds is 2. The van der Waals surface area contributed by atoms with Crippen LogP contribution >= 0.6 is 27.5 Å². The van der Waals surface area contributed by atoms with Crippen LogP contribution in [0.25, 0.3) is 0 Å². The van der Waals surface area contributed by atoms with Crippen LogP contribution in [-0.4, -0.2) is 18.3 Å². The minimum absolute atomic E-state index is 0.325. The van der Waals surface area contributed by atoms with Gasteiger partial charge in [0, 0.05) is 10.0 Å². The molecule has 0 heterocycles. The smallest absolute Gasteiger partial charge is 0.339 e. The number of carbonyl (C=O) groups is 2. The largest absolute Gasteiger partial charge is 0.465 e. The topological polar surface area (TPSA) is 43.4 Å².